The molecule has 3 aromatic carbocycles. The Morgan fingerprint density at radius 2 is 1.64 bits per heavy atom. The van der Waals surface area contributed by atoms with Crippen molar-refractivity contribution in [2.45, 2.75) is 63.4 Å². The predicted octanol–water partition coefficient (Wildman–Crippen LogP) is 6.92. The first kappa shape index (κ1) is 31.6. The molecule has 0 aromatic heterocycles. The fraction of sp³-hybridized carbons (Fsp3) is 0.406. The highest BCUT2D eigenvalue weighted by Crippen LogP contribution is 2.40. The number of nitrogens with one attached hydrogen (secondary N) is 1. The van der Waals surface area contributed by atoms with Crippen LogP contribution in [0.15, 0.2) is 72.8 Å². The van der Waals surface area contributed by atoms with E-state index in [2.05, 4.69) is 21.3 Å². The topological polar surface area (TPSA) is 75.7 Å². The van der Waals surface area contributed by atoms with Crippen molar-refractivity contribution in [3.63, 3.8) is 0 Å². The van der Waals surface area contributed by atoms with Crippen LogP contribution in [-0.4, -0.2) is 50.4 Å². The number of fused-ring (bicyclic) bond motifs is 1. The second-order valence-electron chi connectivity index (χ2n) is 10.6. The number of benzene rings is 3. The summed E-state index contributed by atoms with van der Waals surface area (Å²) in [5.41, 5.74) is -1.39. The van der Waals surface area contributed by atoms with Crippen molar-refractivity contribution in [3.8, 4) is 16.9 Å². The van der Waals surface area contributed by atoms with Crippen LogP contribution in [-0.2, 0) is 16.5 Å². The van der Waals surface area contributed by atoms with Crippen molar-refractivity contribution in [3.05, 3.63) is 89.5 Å². The molecule has 1 aliphatic carbocycles. The lowest BCUT2D eigenvalue weighted by atomic mass is 9.79. The first-order valence-electron chi connectivity index (χ1n) is 14.3. The lowest BCUT2D eigenvalue weighted by molar-refractivity contribution is -0.0500. The van der Waals surface area contributed by atoms with Crippen LogP contribution in [0.4, 0.5) is 13.2 Å². The third kappa shape index (κ3) is 7.52. The van der Waals surface area contributed by atoms with E-state index in [0.29, 0.717) is 30.5 Å². The summed E-state index contributed by atoms with van der Waals surface area (Å²) in [5.74, 6) is -0.373. The second kappa shape index (κ2) is 13.7. The van der Waals surface area contributed by atoms with Gasteiger partial charge in [0.1, 0.15) is 5.75 Å². The molecule has 1 amide bonds. The molecule has 0 fully saturated rings. The number of carbonyl (C=O) groups is 1. The van der Waals surface area contributed by atoms with Gasteiger partial charge in [-0.05, 0) is 91.6 Å². The third-order valence-corrected chi connectivity index (χ3v) is 8.77. The van der Waals surface area contributed by atoms with Crippen LogP contribution in [0.25, 0.3) is 11.1 Å². The van der Waals surface area contributed by atoms with Crippen molar-refractivity contribution < 1.29 is 30.6 Å². The van der Waals surface area contributed by atoms with Crippen LogP contribution < -0.4 is 9.50 Å². The van der Waals surface area contributed by atoms with Crippen molar-refractivity contribution in [1.29, 1.82) is 0 Å². The molecule has 1 aliphatic rings. The van der Waals surface area contributed by atoms with Crippen molar-refractivity contribution in [2.24, 2.45) is 0 Å². The van der Waals surface area contributed by atoms with Crippen LogP contribution in [0.5, 0.6) is 5.75 Å². The number of rotatable bonds is 12. The Bertz CT molecular complexity index is 1440. The number of amides is 1. The van der Waals surface area contributed by atoms with Crippen molar-refractivity contribution >= 4 is 16.0 Å². The Labute approximate surface area is 246 Å². The van der Waals surface area contributed by atoms with Gasteiger partial charge in [-0.3, -0.25) is 9.69 Å². The van der Waals surface area contributed by atoms with Gasteiger partial charge in [-0.2, -0.15) is 21.6 Å². The van der Waals surface area contributed by atoms with Crippen LogP contribution in [0.1, 0.15) is 66.9 Å². The van der Waals surface area contributed by atoms with Gasteiger partial charge in [-0.25, -0.2) is 0 Å². The van der Waals surface area contributed by atoms with E-state index in [4.69, 9.17) is 0 Å². The SMILES string of the molecule is CCCN(CCCCNC(=O)c1ccc(-c2ccccc2)cc1)[C@@H]1CCc2c(OS(=O)(=O)C(F)(F)F)cccc2[C@@H]1C. The number of hydrogen-bond acceptors (Lipinski definition) is 5. The van der Waals surface area contributed by atoms with E-state index in [-0.39, 0.29) is 23.6 Å². The fourth-order valence-corrected chi connectivity index (χ4v) is 6.17. The van der Waals surface area contributed by atoms with Gasteiger partial charge in [0.2, 0.25) is 0 Å². The van der Waals surface area contributed by atoms with Gasteiger partial charge in [0.15, 0.2) is 0 Å². The van der Waals surface area contributed by atoms with Gasteiger partial charge >= 0.3 is 15.6 Å². The average Bonchev–Trinajstić information content (AvgIpc) is 2.97. The van der Waals surface area contributed by atoms with Gasteiger partial charge < -0.3 is 9.50 Å². The summed E-state index contributed by atoms with van der Waals surface area (Å²) in [4.78, 5) is 15.0. The molecular weight excluding hydrogens is 565 g/mol. The summed E-state index contributed by atoms with van der Waals surface area (Å²) in [6.07, 6.45) is 3.72. The molecule has 3 aromatic rings. The maximum absolute atomic E-state index is 12.9. The van der Waals surface area contributed by atoms with Gasteiger partial charge in [0, 0.05) is 18.2 Å². The highest BCUT2D eigenvalue weighted by molar-refractivity contribution is 7.88. The Morgan fingerprint density at radius 3 is 2.31 bits per heavy atom. The Kier molecular flexibility index (Phi) is 10.3. The van der Waals surface area contributed by atoms with E-state index in [1.54, 1.807) is 6.07 Å². The molecule has 2 atom stereocenters. The molecule has 1 N–H and O–H groups in total. The van der Waals surface area contributed by atoms with Crippen molar-refractivity contribution in [1.82, 2.24) is 10.2 Å². The number of hydrogen-bond donors (Lipinski definition) is 1. The van der Waals surface area contributed by atoms with Crippen LogP contribution in [0.3, 0.4) is 0 Å². The number of carbonyl (C=O) groups excluding carboxylic acids is 1. The van der Waals surface area contributed by atoms with Crippen LogP contribution >= 0.6 is 0 Å². The maximum Gasteiger partial charge on any atom is 0.534 e. The van der Waals surface area contributed by atoms with E-state index in [9.17, 15) is 26.4 Å². The molecule has 6 nitrogen and oxygen atoms in total. The Hall–Kier alpha value is -3.37. The summed E-state index contributed by atoms with van der Waals surface area (Å²) in [7, 11) is -5.74. The van der Waals surface area contributed by atoms with E-state index in [1.807, 2.05) is 67.6 Å². The molecule has 0 radical (unpaired) electrons. The number of halogens is 3. The standard InChI is InChI=1S/C32H37F3N2O4S/c1-3-21-37(22-8-7-20-36-31(38)26-16-14-25(15-17-26)24-10-5-4-6-11-24)29-19-18-28-27(23(29)2)12-9-13-30(28)41-42(39,40)32(33,34)35/h4-6,9-17,23,29H,3,7-8,18-22H2,1-2H3,(H,36,38)/t23-,29+/m0/s1. The monoisotopic (exact) mass is 602 g/mol. The molecule has 226 valence electrons. The number of unbranched alkanes of at least 4 members (excludes halogenated alkanes) is 1. The lowest BCUT2D eigenvalue weighted by Gasteiger charge is -2.40. The van der Waals surface area contributed by atoms with E-state index in [0.717, 1.165) is 49.0 Å². The largest absolute Gasteiger partial charge is 0.534 e. The third-order valence-electron chi connectivity index (χ3n) is 7.80. The minimum absolute atomic E-state index is 0.0176. The smallest absolute Gasteiger partial charge is 0.376 e. The molecule has 4 rings (SSSR count). The quantitative estimate of drug-likeness (QED) is 0.138. The molecule has 10 heteroatoms. The average molecular weight is 603 g/mol. The summed E-state index contributed by atoms with van der Waals surface area (Å²) in [6.45, 7) is 6.36. The first-order chi connectivity index (χ1) is 20.0. The normalized spacial score (nSPS) is 17.1. The van der Waals surface area contributed by atoms with Crippen LogP contribution in [0, 0.1) is 0 Å². The molecule has 0 bridgehead atoms. The Morgan fingerprint density at radius 1 is 0.952 bits per heavy atom. The maximum atomic E-state index is 12.9. The molecule has 0 saturated carbocycles. The van der Waals surface area contributed by atoms with Crippen LogP contribution in [0.2, 0.25) is 0 Å². The van der Waals surface area contributed by atoms with Gasteiger partial charge in [0.25, 0.3) is 5.91 Å². The predicted molar refractivity (Wildman–Crippen MR) is 158 cm³/mol. The summed E-state index contributed by atoms with van der Waals surface area (Å²) in [6, 6.07) is 22.4. The van der Waals surface area contributed by atoms with Crippen molar-refractivity contribution in [2.75, 3.05) is 19.6 Å². The molecule has 0 aliphatic heterocycles. The van der Waals surface area contributed by atoms with E-state index >= 15 is 0 Å². The summed E-state index contributed by atoms with van der Waals surface area (Å²) < 4.78 is 66.5. The molecule has 0 unspecified atom stereocenters. The fourth-order valence-electron chi connectivity index (χ4n) is 5.69. The highest BCUT2D eigenvalue weighted by Gasteiger charge is 2.49. The zero-order chi connectivity index (χ0) is 30.3. The molecule has 0 spiro atoms. The minimum atomic E-state index is -5.74. The summed E-state index contributed by atoms with van der Waals surface area (Å²) >= 11 is 0. The van der Waals surface area contributed by atoms with E-state index in [1.165, 1.54) is 6.07 Å². The number of alkyl halides is 3. The van der Waals surface area contributed by atoms with Gasteiger partial charge in [-0.15, -0.1) is 0 Å². The zero-order valence-electron chi connectivity index (χ0n) is 23.9. The molecular formula is C32H37F3N2O4S. The second-order valence-corrected chi connectivity index (χ2v) is 12.2. The number of nitrogens with zero attached hydrogens (tertiary/aromatic N) is 1. The first-order valence-corrected chi connectivity index (χ1v) is 15.7. The lowest BCUT2D eigenvalue weighted by Crippen LogP contribution is -2.42. The molecule has 0 heterocycles. The molecule has 42 heavy (non-hydrogen) atoms. The summed E-state index contributed by atoms with van der Waals surface area (Å²) in [5, 5.41) is 3.00. The Balaban J connectivity index is 1.30. The highest BCUT2D eigenvalue weighted by atomic mass is 32.2. The molecule has 0 saturated heterocycles. The van der Waals surface area contributed by atoms with Gasteiger partial charge in [0.05, 0.1) is 0 Å². The minimum Gasteiger partial charge on any atom is -0.376 e. The van der Waals surface area contributed by atoms with E-state index < -0.39 is 15.6 Å². The van der Waals surface area contributed by atoms with Gasteiger partial charge in [-0.1, -0.05) is 68.4 Å². The zero-order valence-corrected chi connectivity index (χ0v) is 24.7.